The lowest BCUT2D eigenvalue weighted by Gasteiger charge is -2.39. The third-order valence-electron chi connectivity index (χ3n) is 9.90. The Morgan fingerprint density at radius 3 is 2.33 bits per heavy atom. The minimum Gasteiger partial charge on any atom is -0.393 e. The number of aliphatic hydroxyl groups is 1. The van der Waals surface area contributed by atoms with E-state index < -0.39 is 0 Å². The summed E-state index contributed by atoms with van der Waals surface area (Å²) in [6, 6.07) is 0. The quantitative estimate of drug-likeness (QED) is 0.401. The Kier molecular flexibility index (Phi) is 13.3. The summed E-state index contributed by atoms with van der Waals surface area (Å²) in [5.74, 6) is 5.35. The van der Waals surface area contributed by atoms with Crippen LogP contribution in [-0.4, -0.2) is 11.2 Å². The maximum atomic E-state index is 11.5. The Morgan fingerprint density at radius 1 is 0.944 bits per heavy atom. The topological polar surface area (TPSA) is 20.2 Å². The second kappa shape index (κ2) is 15.4. The number of hydrogen-bond donors (Lipinski definition) is 1. The van der Waals surface area contributed by atoms with Crippen LogP contribution in [0, 0.1) is 53.3 Å². The second-order valence-electron chi connectivity index (χ2n) is 13.4. The molecule has 0 aromatic heterocycles. The SMILES string of the molecule is CC[C@@H]1CC(C)/C=C(C)/C=C/C([C@@H](C)C(O)C(C)C2CCC(C)C(C)C2)C/C=C/C=C(\C)CC(C)C1. The molecule has 2 rings (SSSR count). The third kappa shape index (κ3) is 10.00. The largest absolute Gasteiger partial charge is 0.393 e. The van der Waals surface area contributed by atoms with Gasteiger partial charge in [-0.1, -0.05) is 109 Å². The van der Waals surface area contributed by atoms with E-state index in [1.807, 2.05) is 0 Å². The van der Waals surface area contributed by atoms with Crippen LogP contribution in [0.5, 0.6) is 0 Å². The highest BCUT2D eigenvalue weighted by Crippen LogP contribution is 2.40. The molecule has 0 heterocycles. The van der Waals surface area contributed by atoms with Crippen LogP contribution in [0.2, 0.25) is 0 Å². The van der Waals surface area contributed by atoms with Gasteiger partial charge in [0.2, 0.25) is 0 Å². The minimum atomic E-state index is -0.254. The summed E-state index contributed by atoms with van der Waals surface area (Å²) in [4.78, 5) is 0. The first-order chi connectivity index (χ1) is 17.0. The van der Waals surface area contributed by atoms with Gasteiger partial charge in [-0.25, -0.2) is 0 Å². The van der Waals surface area contributed by atoms with E-state index in [1.54, 1.807) is 0 Å². The highest BCUT2D eigenvalue weighted by molar-refractivity contribution is 5.19. The van der Waals surface area contributed by atoms with Gasteiger partial charge in [-0.3, -0.25) is 0 Å². The van der Waals surface area contributed by atoms with Crippen molar-refractivity contribution in [3.05, 3.63) is 47.6 Å². The third-order valence-corrected chi connectivity index (χ3v) is 9.90. The van der Waals surface area contributed by atoms with Gasteiger partial charge in [0.05, 0.1) is 6.10 Å². The van der Waals surface area contributed by atoms with Gasteiger partial charge in [0.15, 0.2) is 0 Å². The molecule has 0 radical (unpaired) electrons. The van der Waals surface area contributed by atoms with Gasteiger partial charge in [0, 0.05) is 0 Å². The normalized spacial score (nSPS) is 40.7. The van der Waals surface area contributed by atoms with Gasteiger partial charge in [-0.05, 0) is 106 Å². The Labute approximate surface area is 225 Å². The lowest BCUT2D eigenvalue weighted by atomic mass is 9.68. The van der Waals surface area contributed by atoms with Crippen LogP contribution in [0.15, 0.2) is 47.6 Å². The number of allylic oxidation sites excluding steroid dienone is 8. The molecule has 0 aromatic carbocycles. The molecule has 0 bridgehead atoms. The first-order valence-electron chi connectivity index (χ1n) is 15.4. The monoisotopic (exact) mass is 496 g/mol. The van der Waals surface area contributed by atoms with Crippen molar-refractivity contribution in [1.82, 2.24) is 0 Å². The molecule has 1 saturated carbocycles. The van der Waals surface area contributed by atoms with E-state index in [2.05, 4.69) is 98.8 Å². The van der Waals surface area contributed by atoms with Crippen molar-refractivity contribution in [3.63, 3.8) is 0 Å². The molecule has 0 aromatic rings. The van der Waals surface area contributed by atoms with Gasteiger partial charge in [-0.2, -0.15) is 0 Å². The van der Waals surface area contributed by atoms with Crippen LogP contribution in [0.4, 0.5) is 0 Å². The molecule has 0 aliphatic heterocycles. The molecule has 0 amide bonds. The van der Waals surface area contributed by atoms with Gasteiger partial charge >= 0.3 is 0 Å². The Bertz CT molecular complexity index is 755. The molecule has 1 N–H and O–H groups in total. The van der Waals surface area contributed by atoms with Crippen LogP contribution in [-0.2, 0) is 0 Å². The Hall–Kier alpha value is -1.08. The van der Waals surface area contributed by atoms with Crippen LogP contribution in [0.3, 0.4) is 0 Å². The van der Waals surface area contributed by atoms with E-state index in [0.29, 0.717) is 23.7 Å². The molecule has 1 fully saturated rings. The summed E-state index contributed by atoms with van der Waals surface area (Å²) in [6.45, 7) is 21.1. The number of rotatable bonds is 5. The van der Waals surface area contributed by atoms with E-state index in [-0.39, 0.29) is 12.0 Å². The fourth-order valence-electron chi connectivity index (χ4n) is 7.09. The van der Waals surface area contributed by atoms with E-state index in [4.69, 9.17) is 0 Å². The molecule has 36 heavy (non-hydrogen) atoms. The fourth-order valence-corrected chi connectivity index (χ4v) is 7.09. The smallest absolute Gasteiger partial charge is 0.0599 e. The molecule has 1 heteroatoms. The van der Waals surface area contributed by atoms with Crippen molar-refractivity contribution < 1.29 is 5.11 Å². The molecular formula is C35H60O. The van der Waals surface area contributed by atoms with Crippen LogP contribution < -0.4 is 0 Å². The van der Waals surface area contributed by atoms with E-state index in [9.17, 15) is 5.11 Å². The first kappa shape index (κ1) is 31.1. The maximum absolute atomic E-state index is 11.5. The van der Waals surface area contributed by atoms with E-state index in [0.717, 1.165) is 30.1 Å². The van der Waals surface area contributed by atoms with Gasteiger partial charge in [0.1, 0.15) is 0 Å². The molecular weight excluding hydrogens is 436 g/mol. The second-order valence-corrected chi connectivity index (χ2v) is 13.4. The average molecular weight is 497 g/mol. The summed E-state index contributed by atoms with van der Waals surface area (Å²) in [5.41, 5.74) is 2.85. The number of hydrogen-bond acceptors (Lipinski definition) is 1. The zero-order valence-corrected chi connectivity index (χ0v) is 25.3. The maximum Gasteiger partial charge on any atom is 0.0599 e. The van der Waals surface area contributed by atoms with E-state index in [1.165, 1.54) is 56.1 Å². The van der Waals surface area contributed by atoms with Crippen LogP contribution in [0.1, 0.15) is 114 Å². The van der Waals surface area contributed by atoms with Crippen molar-refractivity contribution in [2.45, 2.75) is 120 Å². The summed E-state index contributed by atoms with van der Waals surface area (Å²) in [7, 11) is 0. The highest BCUT2D eigenvalue weighted by atomic mass is 16.3. The predicted molar refractivity (Wildman–Crippen MR) is 160 cm³/mol. The van der Waals surface area contributed by atoms with Gasteiger partial charge in [-0.15, -0.1) is 0 Å². The fraction of sp³-hybridized carbons (Fsp3) is 0.771. The van der Waals surface area contributed by atoms with Gasteiger partial charge in [0.25, 0.3) is 0 Å². The zero-order valence-electron chi connectivity index (χ0n) is 25.3. The molecule has 2 aliphatic rings. The van der Waals surface area contributed by atoms with E-state index >= 15 is 0 Å². The summed E-state index contributed by atoms with van der Waals surface area (Å²) in [5, 5.41) is 11.5. The number of aliphatic hydroxyl groups excluding tert-OH is 1. The molecule has 8 unspecified atom stereocenters. The molecule has 10 atom stereocenters. The van der Waals surface area contributed by atoms with Crippen molar-refractivity contribution >= 4 is 0 Å². The van der Waals surface area contributed by atoms with Crippen molar-refractivity contribution in [3.8, 4) is 0 Å². The molecule has 0 saturated heterocycles. The Balaban J connectivity index is 2.22. The van der Waals surface area contributed by atoms with Crippen molar-refractivity contribution in [1.29, 1.82) is 0 Å². The van der Waals surface area contributed by atoms with Crippen LogP contribution >= 0.6 is 0 Å². The van der Waals surface area contributed by atoms with Crippen LogP contribution in [0.25, 0.3) is 0 Å². The lowest BCUT2D eigenvalue weighted by molar-refractivity contribution is 0.00430. The Morgan fingerprint density at radius 2 is 1.67 bits per heavy atom. The molecule has 1 nitrogen and oxygen atoms in total. The predicted octanol–water partition coefficient (Wildman–Crippen LogP) is 10.2. The molecule has 2 aliphatic carbocycles. The summed E-state index contributed by atoms with van der Waals surface area (Å²) < 4.78 is 0. The first-order valence-corrected chi connectivity index (χ1v) is 15.4. The summed E-state index contributed by atoms with van der Waals surface area (Å²) in [6.07, 6.45) is 23.8. The van der Waals surface area contributed by atoms with Gasteiger partial charge < -0.3 is 5.11 Å². The summed E-state index contributed by atoms with van der Waals surface area (Å²) >= 11 is 0. The van der Waals surface area contributed by atoms with Crippen molar-refractivity contribution in [2.24, 2.45) is 53.3 Å². The zero-order chi connectivity index (χ0) is 26.8. The standard InChI is InChI=1S/C35H60O/c1-10-32-21-26(4)19-24(2)13-11-12-14-33(17-15-25(3)20-27(5)22-32)30(8)35(36)31(9)34-18-16-28(6)29(7)23-34/h11-13,15,17,20,26-36H,10,14,16,18-19,21-23H2,1-9H3/b12-11+,17-15+,24-13+,25-20+/t26?,27?,28?,29?,30-,31?,32+,33?,34?,35?/m1/s1. The van der Waals surface area contributed by atoms with Crippen molar-refractivity contribution in [2.75, 3.05) is 0 Å². The highest BCUT2D eigenvalue weighted by Gasteiger charge is 2.34. The average Bonchev–Trinajstić information content (AvgIpc) is 2.82. The minimum absolute atomic E-state index is 0.245. The lowest BCUT2D eigenvalue weighted by Crippen LogP contribution is -2.37. The molecule has 0 spiro atoms. The molecule has 206 valence electrons.